The molecule has 2 heterocycles. The number of aliphatic hydroxyl groups excluding tert-OH is 1. The number of aliphatic hydroxyl groups is 1. The first-order valence-electron chi connectivity index (χ1n) is 16.9. The second kappa shape index (κ2) is 16.7. The summed E-state index contributed by atoms with van der Waals surface area (Å²) in [5, 5.41) is 15.8. The van der Waals surface area contributed by atoms with E-state index in [1.807, 2.05) is 13.8 Å². The van der Waals surface area contributed by atoms with Crippen LogP contribution in [0.25, 0.3) is 0 Å². The van der Waals surface area contributed by atoms with Gasteiger partial charge in [-0.15, -0.1) is 0 Å². The Morgan fingerprint density at radius 2 is 1.67 bits per heavy atom. The molecule has 0 aliphatic carbocycles. The Kier molecular flexibility index (Phi) is 12.4. The summed E-state index contributed by atoms with van der Waals surface area (Å²) in [6.07, 6.45) is 1.20. The van der Waals surface area contributed by atoms with Crippen LogP contribution in [0.15, 0.2) is 65.6 Å². The second-order valence-corrected chi connectivity index (χ2v) is 14.9. The van der Waals surface area contributed by atoms with E-state index in [2.05, 4.69) is 10.6 Å². The molecule has 0 fully saturated rings. The highest BCUT2D eigenvalue weighted by Crippen LogP contribution is 2.34. The highest BCUT2D eigenvalue weighted by Gasteiger charge is 2.32. The van der Waals surface area contributed by atoms with Crippen LogP contribution in [-0.4, -0.2) is 93.1 Å². The third-order valence-corrected chi connectivity index (χ3v) is 10.7. The number of hydrogen-bond acceptors (Lipinski definition) is 9. The molecular formula is C36H45FN4O9S. The van der Waals surface area contributed by atoms with Crippen LogP contribution >= 0.6 is 0 Å². The number of carbonyl (C=O) groups is 2. The van der Waals surface area contributed by atoms with Crippen molar-refractivity contribution in [3.8, 4) is 17.2 Å². The van der Waals surface area contributed by atoms with Crippen molar-refractivity contribution in [1.29, 1.82) is 0 Å². The lowest BCUT2D eigenvalue weighted by atomic mass is 10.0. The quantitative estimate of drug-likeness (QED) is 0.280. The normalized spacial score (nSPS) is 20.6. The Hall–Kier alpha value is -4.44. The van der Waals surface area contributed by atoms with Gasteiger partial charge in [0.1, 0.15) is 11.6 Å². The first-order chi connectivity index (χ1) is 24.3. The molecule has 0 unspecified atom stereocenters. The fourth-order valence-corrected chi connectivity index (χ4v) is 7.05. The van der Waals surface area contributed by atoms with Gasteiger partial charge in [-0.2, -0.15) is 4.31 Å². The van der Waals surface area contributed by atoms with Crippen molar-refractivity contribution >= 4 is 33.3 Å². The molecule has 51 heavy (non-hydrogen) atoms. The molecule has 0 saturated carbocycles. The molecule has 3 N–H and O–H groups in total. The van der Waals surface area contributed by atoms with E-state index < -0.39 is 45.8 Å². The summed E-state index contributed by atoms with van der Waals surface area (Å²) >= 11 is 0. The Morgan fingerprint density at radius 3 is 2.37 bits per heavy atom. The molecule has 276 valence electrons. The fraction of sp³-hybridized carbons (Fsp3) is 0.444. The molecule has 3 amide bonds. The van der Waals surface area contributed by atoms with Crippen molar-refractivity contribution in [3.63, 3.8) is 0 Å². The number of hydrogen-bond donors (Lipinski definition) is 3. The topological polar surface area (TPSA) is 156 Å². The van der Waals surface area contributed by atoms with Crippen LogP contribution in [0.4, 0.5) is 20.6 Å². The van der Waals surface area contributed by atoms with Crippen molar-refractivity contribution in [3.05, 3.63) is 72.0 Å². The van der Waals surface area contributed by atoms with Crippen LogP contribution in [0.1, 0.15) is 50.4 Å². The van der Waals surface area contributed by atoms with E-state index in [0.717, 1.165) is 18.6 Å². The number of nitrogens with zero attached hydrogens (tertiary/aromatic N) is 2. The number of anilines is 2. The molecule has 2 aliphatic rings. The van der Waals surface area contributed by atoms with Crippen LogP contribution in [-0.2, 0) is 14.8 Å². The molecule has 0 radical (unpaired) electrons. The lowest BCUT2D eigenvalue weighted by Gasteiger charge is -2.35. The summed E-state index contributed by atoms with van der Waals surface area (Å²) in [7, 11) is -2.54. The minimum atomic E-state index is -3.97. The van der Waals surface area contributed by atoms with Gasteiger partial charge < -0.3 is 39.6 Å². The molecule has 5 rings (SSSR count). The van der Waals surface area contributed by atoms with Crippen molar-refractivity contribution in [1.82, 2.24) is 9.21 Å². The van der Waals surface area contributed by atoms with Crippen LogP contribution in [0.2, 0.25) is 0 Å². The van der Waals surface area contributed by atoms with Gasteiger partial charge in [-0.1, -0.05) is 6.92 Å². The van der Waals surface area contributed by atoms with E-state index in [-0.39, 0.29) is 43.1 Å². The number of nitrogens with one attached hydrogen (secondary N) is 2. The first kappa shape index (κ1) is 37.8. The number of likely N-dealkylation sites (N-methyl/N-ethyl adjacent to an activating group) is 1. The standard InChI is InChI=1S/C36H45FN4O9S/c1-23-19-41(24(2)21-42)35(43)30-17-27(38-36(44)39-28-11-15-32-33(18-28)49-22-48-32)10-14-31(30)50-25(3)7-5-6-16-47-34(23)20-40(4)51(45,46)29-12-8-26(37)9-13-29/h8-15,17-18,23-25,34,42H,5-7,16,19-22H2,1-4H3,(H2,38,39,44)/t23-,24-,25-,34-/m0/s1. The average Bonchev–Trinajstić information content (AvgIpc) is 3.57. The third-order valence-electron chi connectivity index (χ3n) is 8.90. The van der Waals surface area contributed by atoms with Gasteiger partial charge in [0, 0.05) is 50.1 Å². The molecule has 2 aliphatic heterocycles. The summed E-state index contributed by atoms with van der Waals surface area (Å²) in [5.74, 6) is 0.0262. The van der Waals surface area contributed by atoms with Crippen molar-refractivity contribution < 1.29 is 46.5 Å². The van der Waals surface area contributed by atoms with Gasteiger partial charge in [0.2, 0.25) is 16.8 Å². The minimum Gasteiger partial charge on any atom is -0.490 e. The predicted molar refractivity (Wildman–Crippen MR) is 188 cm³/mol. The highest BCUT2D eigenvalue weighted by molar-refractivity contribution is 7.89. The van der Waals surface area contributed by atoms with Gasteiger partial charge >= 0.3 is 6.03 Å². The molecule has 0 aromatic heterocycles. The summed E-state index contributed by atoms with van der Waals surface area (Å²) in [6.45, 7) is 5.66. The van der Waals surface area contributed by atoms with E-state index in [9.17, 15) is 27.5 Å². The number of sulfonamides is 1. The van der Waals surface area contributed by atoms with Crippen LogP contribution < -0.4 is 24.8 Å². The summed E-state index contributed by atoms with van der Waals surface area (Å²) < 4.78 is 64.7. The average molecular weight is 729 g/mol. The SMILES string of the molecule is C[C@H]1CCCCO[C@@H](CN(C)S(=O)(=O)c2ccc(F)cc2)[C@@H](C)CN([C@@H](C)CO)C(=O)c2cc(NC(=O)Nc3ccc4c(c3)OCO4)ccc2O1. The second-order valence-electron chi connectivity index (χ2n) is 12.9. The molecule has 13 nitrogen and oxygen atoms in total. The molecule has 0 bridgehead atoms. The van der Waals surface area contributed by atoms with Crippen LogP contribution in [0, 0.1) is 11.7 Å². The van der Waals surface area contributed by atoms with Gasteiger partial charge in [0.25, 0.3) is 5.91 Å². The lowest BCUT2D eigenvalue weighted by molar-refractivity contribution is -0.00834. The molecule has 0 saturated heterocycles. The van der Waals surface area contributed by atoms with E-state index in [0.29, 0.717) is 48.1 Å². The Bertz CT molecular complexity index is 1790. The van der Waals surface area contributed by atoms with Gasteiger partial charge in [-0.05, 0) is 87.7 Å². The van der Waals surface area contributed by atoms with Crippen molar-refractivity contribution in [2.75, 3.05) is 50.8 Å². The highest BCUT2D eigenvalue weighted by atomic mass is 32.2. The zero-order chi connectivity index (χ0) is 36.7. The maximum atomic E-state index is 14.4. The Balaban J connectivity index is 1.39. The zero-order valence-corrected chi connectivity index (χ0v) is 30.0. The molecule has 4 atom stereocenters. The smallest absolute Gasteiger partial charge is 0.323 e. The van der Waals surface area contributed by atoms with Crippen molar-refractivity contribution in [2.24, 2.45) is 5.92 Å². The predicted octanol–water partition coefficient (Wildman–Crippen LogP) is 5.31. The molecule has 3 aromatic rings. The van der Waals surface area contributed by atoms with Crippen molar-refractivity contribution in [2.45, 2.75) is 63.2 Å². The Labute approximate surface area is 297 Å². The fourth-order valence-electron chi connectivity index (χ4n) is 5.87. The Morgan fingerprint density at radius 1 is 1.00 bits per heavy atom. The first-order valence-corrected chi connectivity index (χ1v) is 18.3. The number of rotatable bonds is 8. The number of benzene rings is 3. The third kappa shape index (κ3) is 9.47. The van der Waals surface area contributed by atoms with Gasteiger partial charge in [0.15, 0.2) is 11.5 Å². The zero-order valence-electron chi connectivity index (χ0n) is 29.1. The summed E-state index contributed by atoms with van der Waals surface area (Å²) in [6, 6.07) is 13.3. The minimum absolute atomic E-state index is 0.0287. The summed E-state index contributed by atoms with van der Waals surface area (Å²) in [5.41, 5.74) is 0.991. The number of urea groups is 1. The number of halogens is 1. The monoisotopic (exact) mass is 728 g/mol. The lowest BCUT2D eigenvalue weighted by Crippen LogP contribution is -2.48. The maximum Gasteiger partial charge on any atom is 0.323 e. The number of fused-ring (bicyclic) bond motifs is 2. The molecule has 0 spiro atoms. The molecule has 15 heteroatoms. The molecule has 3 aromatic carbocycles. The van der Waals surface area contributed by atoms with Gasteiger partial charge in [-0.25, -0.2) is 17.6 Å². The maximum absolute atomic E-state index is 14.4. The number of amides is 3. The number of carbonyl (C=O) groups excluding carboxylic acids is 2. The largest absolute Gasteiger partial charge is 0.490 e. The van der Waals surface area contributed by atoms with E-state index >= 15 is 0 Å². The molecular weight excluding hydrogens is 683 g/mol. The van der Waals surface area contributed by atoms with Crippen LogP contribution in [0.5, 0.6) is 17.2 Å². The van der Waals surface area contributed by atoms with E-state index in [4.69, 9.17) is 18.9 Å². The van der Waals surface area contributed by atoms with E-state index in [1.165, 1.54) is 34.5 Å². The van der Waals surface area contributed by atoms with Gasteiger partial charge in [-0.3, -0.25) is 4.79 Å². The van der Waals surface area contributed by atoms with E-state index in [1.54, 1.807) is 37.3 Å². The van der Waals surface area contributed by atoms with Crippen LogP contribution in [0.3, 0.4) is 0 Å². The number of ether oxygens (including phenoxy) is 4. The van der Waals surface area contributed by atoms with Gasteiger partial charge in [0.05, 0.1) is 35.3 Å². The summed E-state index contributed by atoms with van der Waals surface area (Å²) in [4.78, 5) is 28.8.